The third-order valence-corrected chi connectivity index (χ3v) is 3.01. The van der Waals surface area contributed by atoms with Gasteiger partial charge in [0.05, 0.1) is 10.7 Å². The minimum atomic E-state index is -0.316. The van der Waals surface area contributed by atoms with E-state index < -0.39 is 0 Å². The first-order chi connectivity index (χ1) is 7.58. The Morgan fingerprint density at radius 1 is 1.19 bits per heavy atom. The molecule has 0 aliphatic heterocycles. The van der Waals surface area contributed by atoms with Gasteiger partial charge in [0, 0.05) is 10.0 Å². The third-order valence-electron chi connectivity index (χ3n) is 2.23. The predicted molar refractivity (Wildman–Crippen MR) is 69.0 cm³/mol. The van der Waals surface area contributed by atoms with Crippen molar-refractivity contribution >= 4 is 33.2 Å². The van der Waals surface area contributed by atoms with Crippen LogP contribution in [0.2, 0.25) is 5.02 Å². The van der Waals surface area contributed by atoms with Crippen LogP contribution in [0.15, 0.2) is 40.9 Å². The molecule has 0 atom stereocenters. The van der Waals surface area contributed by atoms with Gasteiger partial charge in [0.1, 0.15) is 5.82 Å². The fourth-order valence-corrected chi connectivity index (χ4v) is 2.14. The quantitative estimate of drug-likeness (QED) is 0.772. The van der Waals surface area contributed by atoms with E-state index in [1.165, 1.54) is 12.1 Å². The Labute approximate surface area is 106 Å². The number of nitrogens with two attached hydrogens (primary N) is 1. The highest BCUT2D eigenvalue weighted by molar-refractivity contribution is 9.10. The molecule has 1 nitrogen and oxygen atoms in total. The minimum Gasteiger partial charge on any atom is -0.397 e. The van der Waals surface area contributed by atoms with Gasteiger partial charge in [-0.15, -0.1) is 0 Å². The molecule has 2 rings (SSSR count). The van der Waals surface area contributed by atoms with Crippen molar-refractivity contribution in [3.05, 3.63) is 51.7 Å². The summed E-state index contributed by atoms with van der Waals surface area (Å²) >= 11 is 9.15. The van der Waals surface area contributed by atoms with Crippen molar-refractivity contribution in [2.75, 3.05) is 5.73 Å². The number of para-hydroxylation sites is 1. The molecule has 2 aromatic carbocycles. The first-order valence-corrected chi connectivity index (χ1v) is 5.75. The third kappa shape index (κ3) is 2.20. The number of anilines is 1. The number of nitrogen functional groups attached to an aromatic ring is 1. The van der Waals surface area contributed by atoms with Crippen LogP contribution in [0.5, 0.6) is 0 Å². The molecular weight excluding hydrogens is 292 g/mol. The van der Waals surface area contributed by atoms with Crippen LogP contribution in [0.4, 0.5) is 10.1 Å². The molecule has 0 radical (unpaired) electrons. The number of benzene rings is 2. The van der Waals surface area contributed by atoms with Gasteiger partial charge in [0.2, 0.25) is 0 Å². The second kappa shape index (κ2) is 4.44. The standard InChI is InChI=1S/C12H8BrClFN/c13-8-4-7(5-9(15)6-8)10-2-1-3-11(14)12(10)16/h1-6H,16H2. The number of hydrogen-bond acceptors (Lipinski definition) is 1. The average molecular weight is 301 g/mol. The summed E-state index contributed by atoms with van der Waals surface area (Å²) in [6, 6.07) is 9.91. The van der Waals surface area contributed by atoms with Crippen LogP contribution in [-0.2, 0) is 0 Å². The maximum atomic E-state index is 13.2. The second-order valence-electron chi connectivity index (χ2n) is 3.36. The summed E-state index contributed by atoms with van der Waals surface area (Å²) < 4.78 is 13.9. The van der Waals surface area contributed by atoms with E-state index in [0.717, 1.165) is 5.56 Å². The van der Waals surface area contributed by atoms with Crippen LogP contribution in [-0.4, -0.2) is 0 Å². The lowest BCUT2D eigenvalue weighted by Crippen LogP contribution is -1.91. The monoisotopic (exact) mass is 299 g/mol. The molecular formula is C12H8BrClFN. The summed E-state index contributed by atoms with van der Waals surface area (Å²) in [5, 5.41) is 0.470. The zero-order valence-corrected chi connectivity index (χ0v) is 10.5. The van der Waals surface area contributed by atoms with Crippen molar-refractivity contribution in [3.8, 4) is 11.1 Å². The van der Waals surface area contributed by atoms with Gasteiger partial charge in [-0.3, -0.25) is 0 Å². The molecule has 82 valence electrons. The Bertz CT molecular complexity index is 522. The number of rotatable bonds is 1. The van der Waals surface area contributed by atoms with Crippen LogP contribution in [0.3, 0.4) is 0 Å². The van der Waals surface area contributed by atoms with Crippen LogP contribution in [0, 0.1) is 5.82 Å². The second-order valence-corrected chi connectivity index (χ2v) is 4.68. The van der Waals surface area contributed by atoms with Crippen molar-refractivity contribution in [3.63, 3.8) is 0 Å². The van der Waals surface area contributed by atoms with Gasteiger partial charge < -0.3 is 5.73 Å². The number of halogens is 3. The Hall–Kier alpha value is -1.06. The average Bonchev–Trinajstić information content (AvgIpc) is 2.20. The Kier molecular flexibility index (Phi) is 3.17. The highest BCUT2D eigenvalue weighted by Crippen LogP contribution is 2.33. The molecule has 0 aromatic heterocycles. The van der Waals surface area contributed by atoms with Crippen LogP contribution in [0.1, 0.15) is 0 Å². The molecule has 16 heavy (non-hydrogen) atoms. The Balaban J connectivity index is 2.63. The molecule has 0 aliphatic rings. The molecule has 0 unspecified atom stereocenters. The lowest BCUT2D eigenvalue weighted by molar-refractivity contribution is 0.627. The zero-order valence-electron chi connectivity index (χ0n) is 8.18. The first kappa shape index (κ1) is 11.4. The van der Waals surface area contributed by atoms with Gasteiger partial charge >= 0.3 is 0 Å². The summed E-state index contributed by atoms with van der Waals surface area (Å²) in [6.45, 7) is 0. The van der Waals surface area contributed by atoms with Gasteiger partial charge in [-0.1, -0.05) is 39.7 Å². The lowest BCUT2D eigenvalue weighted by atomic mass is 10.0. The topological polar surface area (TPSA) is 26.0 Å². The van der Waals surface area contributed by atoms with Crippen molar-refractivity contribution in [2.24, 2.45) is 0 Å². The van der Waals surface area contributed by atoms with Crippen molar-refractivity contribution in [1.82, 2.24) is 0 Å². The highest BCUT2D eigenvalue weighted by Gasteiger charge is 2.07. The molecule has 0 spiro atoms. The van der Waals surface area contributed by atoms with E-state index in [4.69, 9.17) is 17.3 Å². The van der Waals surface area contributed by atoms with Gasteiger partial charge in [0.15, 0.2) is 0 Å². The Morgan fingerprint density at radius 3 is 2.62 bits per heavy atom. The molecule has 2 aromatic rings. The van der Waals surface area contributed by atoms with E-state index in [2.05, 4.69) is 15.9 Å². The highest BCUT2D eigenvalue weighted by atomic mass is 79.9. The van der Waals surface area contributed by atoms with Gasteiger partial charge in [-0.2, -0.15) is 0 Å². The van der Waals surface area contributed by atoms with E-state index in [0.29, 0.717) is 20.7 Å². The molecule has 0 saturated heterocycles. The largest absolute Gasteiger partial charge is 0.397 e. The number of hydrogen-bond donors (Lipinski definition) is 1. The molecule has 0 heterocycles. The fraction of sp³-hybridized carbons (Fsp3) is 0. The van der Waals surface area contributed by atoms with Crippen LogP contribution >= 0.6 is 27.5 Å². The van der Waals surface area contributed by atoms with Gasteiger partial charge in [0.25, 0.3) is 0 Å². The predicted octanol–water partition coefficient (Wildman–Crippen LogP) is 4.49. The summed E-state index contributed by atoms with van der Waals surface area (Å²) in [5.41, 5.74) is 7.74. The van der Waals surface area contributed by atoms with Crippen molar-refractivity contribution in [2.45, 2.75) is 0 Å². The molecule has 0 saturated carbocycles. The fourth-order valence-electron chi connectivity index (χ4n) is 1.50. The van der Waals surface area contributed by atoms with Crippen LogP contribution < -0.4 is 5.73 Å². The Morgan fingerprint density at radius 2 is 1.94 bits per heavy atom. The van der Waals surface area contributed by atoms with E-state index in [9.17, 15) is 4.39 Å². The van der Waals surface area contributed by atoms with Crippen LogP contribution in [0.25, 0.3) is 11.1 Å². The van der Waals surface area contributed by atoms with E-state index in [-0.39, 0.29) is 5.82 Å². The molecule has 4 heteroatoms. The molecule has 2 N–H and O–H groups in total. The summed E-state index contributed by atoms with van der Waals surface area (Å²) in [5.74, 6) is -0.316. The van der Waals surface area contributed by atoms with E-state index >= 15 is 0 Å². The summed E-state index contributed by atoms with van der Waals surface area (Å²) in [7, 11) is 0. The summed E-state index contributed by atoms with van der Waals surface area (Å²) in [6.07, 6.45) is 0. The van der Waals surface area contributed by atoms with Gasteiger partial charge in [-0.25, -0.2) is 4.39 Å². The van der Waals surface area contributed by atoms with Crippen molar-refractivity contribution in [1.29, 1.82) is 0 Å². The molecule has 0 aliphatic carbocycles. The molecule has 0 fully saturated rings. The normalized spacial score (nSPS) is 10.4. The van der Waals surface area contributed by atoms with E-state index in [1.54, 1.807) is 18.2 Å². The summed E-state index contributed by atoms with van der Waals surface area (Å²) in [4.78, 5) is 0. The zero-order chi connectivity index (χ0) is 11.7. The molecule has 0 amide bonds. The van der Waals surface area contributed by atoms with Crippen molar-refractivity contribution < 1.29 is 4.39 Å². The maximum Gasteiger partial charge on any atom is 0.124 e. The maximum absolute atomic E-state index is 13.2. The smallest absolute Gasteiger partial charge is 0.124 e. The van der Waals surface area contributed by atoms with E-state index in [1.807, 2.05) is 6.07 Å². The van der Waals surface area contributed by atoms with Gasteiger partial charge in [-0.05, 0) is 29.8 Å². The first-order valence-electron chi connectivity index (χ1n) is 4.58. The minimum absolute atomic E-state index is 0.316. The SMILES string of the molecule is Nc1c(Cl)cccc1-c1cc(F)cc(Br)c1. The lowest BCUT2D eigenvalue weighted by Gasteiger charge is -2.08. The molecule has 0 bridgehead atoms.